The van der Waals surface area contributed by atoms with Gasteiger partial charge >= 0.3 is 0 Å². The van der Waals surface area contributed by atoms with Crippen molar-refractivity contribution in [1.29, 1.82) is 0 Å². The number of sulfone groups is 1. The summed E-state index contributed by atoms with van der Waals surface area (Å²) in [6.45, 7) is 0.392. The number of fused-ring (bicyclic) bond motifs is 1. The number of nitrogens with one attached hydrogen (secondary N) is 1. The summed E-state index contributed by atoms with van der Waals surface area (Å²) in [4.78, 5) is 27.7. The minimum absolute atomic E-state index is 0.191. The monoisotopic (exact) mass is 478 g/mol. The molecule has 4 rings (SSSR count). The Balaban J connectivity index is 1.54. The third-order valence-electron chi connectivity index (χ3n) is 5.80. The van der Waals surface area contributed by atoms with Gasteiger partial charge in [0.25, 0.3) is 5.91 Å². The molecule has 2 amide bonds. The number of carbonyl (C=O) groups is 2. The molecule has 1 N–H and O–H groups in total. The van der Waals surface area contributed by atoms with Crippen LogP contribution in [-0.4, -0.2) is 44.0 Å². The average molecular weight is 479 g/mol. The van der Waals surface area contributed by atoms with Gasteiger partial charge < -0.3 is 15.0 Å². The van der Waals surface area contributed by atoms with Crippen molar-refractivity contribution in [1.82, 2.24) is 10.2 Å². The smallest absolute Gasteiger partial charge is 0.255 e. The Morgan fingerprint density at radius 3 is 2.32 bits per heavy atom. The van der Waals surface area contributed by atoms with Crippen LogP contribution in [0.15, 0.2) is 78.9 Å². The summed E-state index contributed by atoms with van der Waals surface area (Å²) in [5.74, 6) is -0.815. The maximum Gasteiger partial charge on any atom is 0.255 e. The molecule has 1 heterocycles. The summed E-state index contributed by atoms with van der Waals surface area (Å²) in [6.07, 6.45) is 0. The lowest BCUT2D eigenvalue weighted by Gasteiger charge is -2.27. The number of nitrogens with zero attached hydrogens (tertiary/aromatic N) is 1. The largest absolute Gasteiger partial charge is 0.497 e. The Morgan fingerprint density at radius 1 is 0.971 bits per heavy atom. The Hall–Kier alpha value is -3.65. The Morgan fingerprint density at radius 2 is 1.65 bits per heavy atom. The van der Waals surface area contributed by atoms with E-state index in [2.05, 4.69) is 5.32 Å². The standard InChI is InChI=1S/C26H26N2O5S/c1-33-22-13-11-19(12-14-22)15-27-25(29)24(18-34(31,32)17-20-7-3-2-4-8-20)28-16-21-9-5-6-10-23(21)26(28)30/h2-14,24H,15-18H2,1H3,(H,27,29). The molecule has 0 fully saturated rings. The number of benzene rings is 3. The zero-order chi connectivity index (χ0) is 24.1. The molecule has 1 aliphatic rings. The minimum atomic E-state index is -3.69. The van der Waals surface area contributed by atoms with Gasteiger partial charge in [0.15, 0.2) is 9.84 Å². The number of ether oxygens (including phenoxy) is 1. The molecule has 3 aromatic rings. The summed E-state index contributed by atoms with van der Waals surface area (Å²) >= 11 is 0. The van der Waals surface area contributed by atoms with Crippen molar-refractivity contribution < 1.29 is 22.7 Å². The number of amides is 2. The molecule has 1 aliphatic heterocycles. The SMILES string of the molecule is COc1ccc(CNC(=O)C(CS(=O)(=O)Cc2ccccc2)N2Cc3ccccc3C2=O)cc1. The highest BCUT2D eigenvalue weighted by Gasteiger charge is 2.38. The second kappa shape index (κ2) is 10.1. The van der Waals surface area contributed by atoms with Crippen LogP contribution in [0.2, 0.25) is 0 Å². The molecule has 0 aliphatic carbocycles. The van der Waals surface area contributed by atoms with Crippen LogP contribution in [0.25, 0.3) is 0 Å². The summed E-state index contributed by atoms with van der Waals surface area (Å²) in [6, 6.07) is 21.9. The first-order valence-electron chi connectivity index (χ1n) is 10.9. The minimum Gasteiger partial charge on any atom is -0.497 e. The van der Waals surface area contributed by atoms with E-state index in [1.165, 1.54) is 4.90 Å². The highest BCUT2D eigenvalue weighted by atomic mass is 32.2. The second-order valence-electron chi connectivity index (χ2n) is 8.21. The van der Waals surface area contributed by atoms with Crippen molar-refractivity contribution in [3.05, 3.63) is 101 Å². The van der Waals surface area contributed by atoms with E-state index in [0.717, 1.165) is 11.1 Å². The number of methoxy groups -OCH3 is 1. The van der Waals surface area contributed by atoms with Crippen molar-refractivity contribution in [2.24, 2.45) is 0 Å². The molecule has 1 unspecified atom stereocenters. The summed E-state index contributed by atoms with van der Waals surface area (Å²) < 4.78 is 31.3. The van der Waals surface area contributed by atoms with Crippen molar-refractivity contribution in [2.75, 3.05) is 12.9 Å². The first-order valence-corrected chi connectivity index (χ1v) is 12.7. The lowest BCUT2D eigenvalue weighted by atomic mass is 10.1. The average Bonchev–Trinajstić information content (AvgIpc) is 3.18. The third kappa shape index (κ3) is 5.46. The number of rotatable bonds is 9. The van der Waals surface area contributed by atoms with E-state index in [-0.39, 0.29) is 24.7 Å². The van der Waals surface area contributed by atoms with Crippen molar-refractivity contribution in [3.8, 4) is 5.75 Å². The molecule has 0 radical (unpaired) electrons. The zero-order valence-electron chi connectivity index (χ0n) is 18.8. The molecule has 0 spiro atoms. The summed E-state index contributed by atoms with van der Waals surface area (Å²) in [5, 5.41) is 2.81. The van der Waals surface area contributed by atoms with Crippen molar-refractivity contribution in [2.45, 2.75) is 24.9 Å². The van der Waals surface area contributed by atoms with Gasteiger partial charge in [-0.05, 0) is 34.9 Å². The Kier molecular flexibility index (Phi) is 6.98. The van der Waals surface area contributed by atoms with Crippen LogP contribution in [0.1, 0.15) is 27.0 Å². The molecular weight excluding hydrogens is 452 g/mol. The number of hydrogen-bond acceptors (Lipinski definition) is 5. The fourth-order valence-electron chi connectivity index (χ4n) is 4.01. The van der Waals surface area contributed by atoms with Crippen LogP contribution in [0, 0.1) is 0 Å². The predicted octanol–water partition coefficient (Wildman–Crippen LogP) is 2.95. The lowest BCUT2D eigenvalue weighted by molar-refractivity contribution is -0.125. The fourth-order valence-corrected chi connectivity index (χ4v) is 5.64. The van der Waals surface area contributed by atoms with Gasteiger partial charge in [-0.2, -0.15) is 0 Å². The zero-order valence-corrected chi connectivity index (χ0v) is 19.6. The molecule has 0 saturated heterocycles. The van der Waals surface area contributed by atoms with Gasteiger partial charge in [-0.25, -0.2) is 8.42 Å². The molecule has 0 bridgehead atoms. The van der Waals surface area contributed by atoms with E-state index < -0.39 is 27.5 Å². The van der Waals surface area contributed by atoms with Crippen LogP contribution in [0.4, 0.5) is 0 Å². The quantitative estimate of drug-likeness (QED) is 0.511. The normalized spacial score (nSPS) is 13.9. The van der Waals surface area contributed by atoms with E-state index in [4.69, 9.17) is 4.74 Å². The lowest BCUT2D eigenvalue weighted by Crippen LogP contribution is -2.50. The Labute approximate surface area is 199 Å². The fraction of sp³-hybridized carbons (Fsp3) is 0.231. The predicted molar refractivity (Wildman–Crippen MR) is 129 cm³/mol. The summed E-state index contributed by atoms with van der Waals surface area (Å²) in [7, 11) is -2.12. The maximum absolute atomic E-state index is 13.3. The molecule has 8 heteroatoms. The van der Waals surface area contributed by atoms with E-state index >= 15 is 0 Å². The third-order valence-corrected chi connectivity index (χ3v) is 7.39. The van der Waals surface area contributed by atoms with Crippen molar-refractivity contribution in [3.63, 3.8) is 0 Å². The van der Waals surface area contributed by atoms with Crippen LogP contribution >= 0.6 is 0 Å². The topological polar surface area (TPSA) is 92.8 Å². The maximum atomic E-state index is 13.3. The van der Waals surface area contributed by atoms with Gasteiger partial charge in [0.2, 0.25) is 5.91 Å². The molecule has 7 nitrogen and oxygen atoms in total. The molecule has 0 aromatic heterocycles. The van der Waals surface area contributed by atoms with Crippen LogP contribution in [0.3, 0.4) is 0 Å². The van der Waals surface area contributed by atoms with Gasteiger partial charge in [-0.1, -0.05) is 60.7 Å². The van der Waals surface area contributed by atoms with E-state index in [1.807, 2.05) is 30.3 Å². The second-order valence-corrected chi connectivity index (χ2v) is 10.3. The number of hydrogen-bond donors (Lipinski definition) is 1. The van der Waals surface area contributed by atoms with Crippen molar-refractivity contribution >= 4 is 21.7 Å². The first kappa shape index (κ1) is 23.5. The Bertz CT molecular complexity index is 1270. The molecule has 34 heavy (non-hydrogen) atoms. The van der Waals surface area contributed by atoms with Crippen LogP contribution in [-0.2, 0) is 33.5 Å². The number of carbonyl (C=O) groups excluding carboxylic acids is 2. The van der Waals surface area contributed by atoms with Gasteiger partial charge in [0, 0.05) is 18.7 Å². The highest BCUT2D eigenvalue weighted by molar-refractivity contribution is 7.90. The van der Waals surface area contributed by atoms with Gasteiger partial charge in [0.05, 0.1) is 18.6 Å². The van der Waals surface area contributed by atoms with E-state index in [1.54, 1.807) is 55.6 Å². The molecule has 1 atom stereocenters. The molecular formula is C26H26N2O5S. The van der Waals surface area contributed by atoms with Gasteiger partial charge in [-0.3, -0.25) is 9.59 Å². The van der Waals surface area contributed by atoms with Crippen LogP contribution < -0.4 is 10.1 Å². The van der Waals surface area contributed by atoms with Crippen LogP contribution in [0.5, 0.6) is 5.75 Å². The molecule has 3 aromatic carbocycles. The van der Waals surface area contributed by atoms with E-state index in [0.29, 0.717) is 16.9 Å². The van der Waals surface area contributed by atoms with Gasteiger partial charge in [0.1, 0.15) is 11.8 Å². The molecule has 0 saturated carbocycles. The summed E-state index contributed by atoms with van der Waals surface area (Å²) in [5.41, 5.74) is 2.74. The highest BCUT2D eigenvalue weighted by Crippen LogP contribution is 2.25. The van der Waals surface area contributed by atoms with E-state index in [9.17, 15) is 18.0 Å². The first-order chi connectivity index (χ1) is 16.4. The van der Waals surface area contributed by atoms with Gasteiger partial charge in [-0.15, -0.1) is 0 Å². The molecule has 176 valence electrons.